The summed E-state index contributed by atoms with van der Waals surface area (Å²) in [5, 5.41) is 11.0. The first kappa shape index (κ1) is 29.7. The van der Waals surface area contributed by atoms with Crippen LogP contribution < -0.4 is 0 Å². The highest BCUT2D eigenvalue weighted by atomic mass is 35.5. The van der Waals surface area contributed by atoms with Crippen molar-refractivity contribution in [3.05, 3.63) is 45.4 Å². The first-order valence-electron chi connectivity index (χ1n) is 11.4. The fourth-order valence-corrected chi connectivity index (χ4v) is 6.20. The zero-order valence-corrected chi connectivity index (χ0v) is 24.2. The Labute approximate surface area is 245 Å². The van der Waals surface area contributed by atoms with Gasteiger partial charge >= 0.3 is 17.9 Å². The van der Waals surface area contributed by atoms with Gasteiger partial charge in [0, 0.05) is 31.0 Å². The van der Waals surface area contributed by atoms with E-state index < -0.39 is 47.7 Å². The number of hydrogen-bond acceptors (Lipinski definition) is 13. The maximum atomic E-state index is 12.3. The molecule has 0 aliphatic carbocycles. The number of pyridine rings is 1. The lowest BCUT2D eigenvalue weighted by atomic mass is 9.96. The zero-order chi connectivity index (χ0) is 29.0. The van der Waals surface area contributed by atoms with E-state index in [4.69, 9.17) is 48.7 Å². The number of thioether (sulfide) groups is 1. The van der Waals surface area contributed by atoms with Gasteiger partial charge in [-0.05, 0) is 6.07 Å². The molecule has 1 aliphatic heterocycles. The molecule has 0 bridgehead atoms. The van der Waals surface area contributed by atoms with Gasteiger partial charge in [-0.15, -0.1) is 33.2 Å². The van der Waals surface area contributed by atoms with Crippen LogP contribution in [0.3, 0.4) is 0 Å². The summed E-state index contributed by atoms with van der Waals surface area (Å²) in [6.07, 6.45) is -0.464. The Hall–Kier alpha value is -3.29. The van der Waals surface area contributed by atoms with E-state index in [9.17, 15) is 14.4 Å². The Kier molecular flexibility index (Phi) is 9.59. The number of carbonyl (C=O) groups excluding carboxylic acids is 3. The van der Waals surface area contributed by atoms with Crippen molar-refractivity contribution in [3.63, 3.8) is 0 Å². The number of ether oxygens (including phenoxy) is 4. The summed E-state index contributed by atoms with van der Waals surface area (Å²) in [5.41, 5.74) is -0.661. The molecule has 0 aromatic carbocycles. The van der Waals surface area contributed by atoms with Gasteiger partial charge in [-0.25, -0.2) is 9.67 Å². The van der Waals surface area contributed by atoms with Gasteiger partial charge in [0.1, 0.15) is 46.2 Å². The molecular formula is C23H20Cl2N6O7S2. The van der Waals surface area contributed by atoms with Gasteiger partial charge in [0.15, 0.2) is 12.2 Å². The number of halogens is 2. The highest BCUT2D eigenvalue weighted by Gasteiger charge is 2.52. The minimum Gasteiger partial charge on any atom is -0.463 e. The molecule has 3 aromatic rings. The predicted molar refractivity (Wildman–Crippen MR) is 143 cm³/mol. The van der Waals surface area contributed by atoms with Gasteiger partial charge in [0.05, 0.1) is 11.2 Å². The van der Waals surface area contributed by atoms with E-state index in [0.29, 0.717) is 15.6 Å². The minimum atomic E-state index is -1.15. The Morgan fingerprint density at radius 3 is 2.52 bits per heavy atom. The van der Waals surface area contributed by atoms with Crippen LogP contribution in [0, 0.1) is 6.57 Å². The first-order chi connectivity index (χ1) is 19.0. The summed E-state index contributed by atoms with van der Waals surface area (Å²) in [7, 11) is 0. The topological polar surface area (TPSA) is 149 Å². The lowest BCUT2D eigenvalue weighted by molar-refractivity contribution is -0.212. The summed E-state index contributed by atoms with van der Waals surface area (Å²) in [5.74, 6) is -1.88. The molecule has 5 atom stereocenters. The van der Waals surface area contributed by atoms with Gasteiger partial charge in [0.2, 0.25) is 0 Å². The van der Waals surface area contributed by atoms with Crippen molar-refractivity contribution in [1.82, 2.24) is 25.0 Å². The third-order valence-electron chi connectivity index (χ3n) is 5.33. The fourth-order valence-electron chi connectivity index (χ4n) is 3.88. The summed E-state index contributed by atoms with van der Waals surface area (Å²) < 4.78 is 24.2. The van der Waals surface area contributed by atoms with Gasteiger partial charge < -0.3 is 23.8 Å². The molecule has 2 unspecified atom stereocenters. The lowest BCUT2D eigenvalue weighted by Crippen LogP contribution is -2.57. The third-order valence-corrected chi connectivity index (χ3v) is 7.89. The van der Waals surface area contributed by atoms with E-state index in [1.807, 2.05) is 0 Å². The quantitative estimate of drug-likeness (QED) is 0.201. The second-order valence-corrected chi connectivity index (χ2v) is 11.1. The van der Waals surface area contributed by atoms with Crippen LogP contribution in [0.2, 0.25) is 10.2 Å². The molecule has 0 spiro atoms. The van der Waals surface area contributed by atoms with Crippen molar-refractivity contribution < 1.29 is 33.3 Å². The van der Waals surface area contributed by atoms with E-state index in [2.05, 4.69) is 25.1 Å². The Bertz CT molecular complexity index is 1460. The summed E-state index contributed by atoms with van der Waals surface area (Å²) >= 11 is 14.4. The molecule has 1 fully saturated rings. The summed E-state index contributed by atoms with van der Waals surface area (Å²) in [6, 6.07) is 0.509. The molecule has 17 heteroatoms. The van der Waals surface area contributed by atoms with Crippen LogP contribution >= 0.6 is 46.3 Å². The third kappa shape index (κ3) is 7.07. The van der Waals surface area contributed by atoms with Crippen molar-refractivity contribution in [2.45, 2.75) is 55.5 Å². The highest BCUT2D eigenvalue weighted by molar-refractivity contribution is 8.00. The van der Waals surface area contributed by atoms with Gasteiger partial charge in [-0.2, -0.15) is 0 Å². The number of rotatable bonds is 8. The number of carbonyl (C=O) groups is 3. The lowest BCUT2D eigenvalue weighted by Gasteiger charge is -2.44. The Morgan fingerprint density at radius 1 is 1.18 bits per heavy atom. The second-order valence-electron chi connectivity index (χ2n) is 8.25. The van der Waals surface area contributed by atoms with E-state index in [-0.39, 0.29) is 22.6 Å². The van der Waals surface area contributed by atoms with Crippen LogP contribution in [-0.4, -0.2) is 73.2 Å². The van der Waals surface area contributed by atoms with E-state index in [0.717, 1.165) is 11.8 Å². The average molecular weight is 627 g/mol. The molecule has 40 heavy (non-hydrogen) atoms. The minimum absolute atomic E-state index is 0.0402. The normalized spacial score (nSPS) is 22.2. The van der Waals surface area contributed by atoms with Gasteiger partial charge in [-0.3, -0.25) is 14.4 Å². The number of esters is 3. The van der Waals surface area contributed by atoms with E-state index in [1.54, 1.807) is 5.38 Å². The molecule has 0 saturated carbocycles. The maximum absolute atomic E-state index is 12.3. The fraction of sp³-hybridized carbons (Fsp3) is 0.391. The summed E-state index contributed by atoms with van der Waals surface area (Å²) in [6.45, 7) is 10.8. The molecule has 0 N–H and O–H groups in total. The molecule has 210 valence electrons. The number of aromatic nitrogens is 5. The van der Waals surface area contributed by atoms with Gasteiger partial charge in [0.25, 0.3) is 5.82 Å². The van der Waals surface area contributed by atoms with Gasteiger partial charge in [-0.1, -0.05) is 35.0 Å². The Balaban J connectivity index is 1.82. The van der Waals surface area contributed by atoms with E-state index in [1.165, 1.54) is 55.2 Å². The zero-order valence-electron chi connectivity index (χ0n) is 21.0. The largest absolute Gasteiger partial charge is 0.463 e. The monoisotopic (exact) mass is 626 g/mol. The predicted octanol–water partition coefficient (Wildman–Crippen LogP) is 4.14. The van der Waals surface area contributed by atoms with Crippen molar-refractivity contribution in [1.29, 1.82) is 0 Å². The van der Waals surface area contributed by atoms with Crippen molar-refractivity contribution >= 4 is 70.0 Å². The van der Waals surface area contributed by atoms with Crippen LogP contribution in [0.1, 0.15) is 26.8 Å². The van der Waals surface area contributed by atoms with Crippen LogP contribution in [0.25, 0.3) is 15.5 Å². The van der Waals surface area contributed by atoms with E-state index >= 15 is 0 Å². The number of thiazole rings is 1. The standard InChI is InChI=1S/C23H20Cl2N6O7S2/c1-10(32)35-8-15-19(36-11(2)33)18(31-7-14(29-30-31)22-28-17(25)9-39-22)20(37-12(3)34)23(38-15)40-16-5-13(24)6-27-21(16)26-4/h5-7,9,15,18-20,23H,8H2,1-3H3/t15?,18?,19-,20-,23+/m0/s1. The molecular weight excluding hydrogens is 607 g/mol. The molecule has 4 heterocycles. The Morgan fingerprint density at radius 2 is 1.90 bits per heavy atom. The molecule has 13 nitrogen and oxygen atoms in total. The van der Waals surface area contributed by atoms with Crippen molar-refractivity contribution in [2.24, 2.45) is 0 Å². The van der Waals surface area contributed by atoms with Crippen LogP contribution in [0.4, 0.5) is 5.82 Å². The molecule has 4 rings (SSSR count). The maximum Gasteiger partial charge on any atom is 0.303 e. The molecule has 0 radical (unpaired) electrons. The van der Waals surface area contributed by atoms with Crippen LogP contribution in [0.5, 0.6) is 0 Å². The molecule has 3 aromatic heterocycles. The van der Waals surface area contributed by atoms with Crippen LogP contribution in [0.15, 0.2) is 28.7 Å². The molecule has 0 amide bonds. The van der Waals surface area contributed by atoms with Crippen molar-refractivity contribution in [3.8, 4) is 10.7 Å². The van der Waals surface area contributed by atoms with Crippen LogP contribution in [-0.2, 0) is 33.3 Å². The number of nitrogens with zero attached hydrogens (tertiary/aromatic N) is 6. The smallest absolute Gasteiger partial charge is 0.303 e. The SMILES string of the molecule is [C-]#[N+]c1ncc(Cl)cc1S[C@H]1OC(COC(C)=O)[C@H](OC(C)=O)C(n2cc(-c3nc(Cl)cs3)nn2)[C@@H]1OC(C)=O. The summed E-state index contributed by atoms with van der Waals surface area (Å²) in [4.78, 5) is 48.2. The first-order valence-corrected chi connectivity index (χ1v) is 13.9. The highest BCUT2D eigenvalue weighted by Crippen LogP contribution is 2.43. The molecule has 1 aliphatic rings. The molecule has 1 saturated heterocycles. The van der Waals surface area contributed by atoms with Crippen molar-refractivity contribution in [2.75, 3.05) is 6.61 Å². The number of hydrogen-bond donors (Lipinski definition) is 0. The average Bonchev–Trinajstić information content (AvgIpc) is 3.53. The second kappa shape index (κ2) is 12.9.